The summed E-state index contributed by atoms with van der Waals surface area (Å²) in [5.74, 6) is 2.67. The number of nitrogens with zero attached hydrogens (tertiary/aromatic N) is 1. The SMILES string of the molecule is COc1ccc(C(CC(=O)NCCc2cc(C)on2)C2CC2)cc1. The maximum Gasteiger partial charge on any atom is 0.220 e. The number of hydrogen-bond acceptors (Lipinski definition) is 4. The molecule has 1 aliphatic carbocycles. The third-order valence-corrected chi connectivity index (χ3v) is 4.52. The largest absolute Gasteiger partial charge is 0.497 e. The van der Waals surface area contributed by atoms with E-state index < -0.39 is 0 Å². The van der Waals surface area contributed by atoms with E-state index in [4.69, 9.17) is 9.26 Å². The number of benzene rings is 1. The van der Waals surface area contributed by atoms with Gasteiger partial charge in [-0.3, -0.25) is 4.79 Å². The second-order valence-corrected chi connectivity index (χ2v) is 6.45. The highest BCUT2D eigenvalue weighted by Gasteiger charge is 2.33. The molecule has 0 radical (unpaired) electrons. The molecule has 1 aromatic carbocycles. The van der Waals surface area contributed by atoms with E-state index in [0.29, 0.717) is 31.2 Å². The Morgan fingerprint density at radius 1 is 1.38 bits per heavy atom. The minimum Gasteiger partial charge on any atom is -0.497 e. The van der Waals surface area contributed by atoms with Crippen LogP contribution in [-0.4, -0.2) is 24.7 Å². The van der Waals surface area contributed by atoms with Gasteiger partial charge in [0.05, 0.1) is 12.8 Å². The minimum absolute atomic E-state index is 0.0999. The molecule has 24 heavy (non-hydrogen) atoms. The monoisotopic (exact) mass is 328 g/mol. The molecule has 1 unspecified atom stereocenters. The zero-order valence-electron chi connectivity index (χ0n) is 14.2. The first kappa shape index (κ1) is 16.6. The topological polar surface area (TPSA) is 64.4 Å². The molecule has 1 N–H and O–H groups in total. The molecule has 3 rings (SSSR count). The lowest BCUT2D eigenvalue weighted by molar-refractivity contribution is -0.121. The van der Waals surface area contributed by atoms with Crippen LogP contribution in [0.25, 0.3) is 0 Å². The Kier molecular flexibility index (Phi) is 5.18. The standard InChI is InChI=1S/C19H24N2O3/c1-13-11-16(21-24-13)9-10-20-19(22)12-18(14-3-4-14)15-5-7-17(23-2)8-6-15/h5-8,11,14,18H,3-4,9-10,12H2,1-2H3,(H,20,22). The van der Waals surface area contributed by atoms with Crippen LogP contribution in [0.2, 0.25) is 0 Å². The Labute approximate surface area is 142 Å². The van der Waals surface area contributed by atoms with Crippen molar-refractivity contribution in [1.29, 1.82) is 0 Å². The van der Waals surface area contributed by atoms with Gasteiger partial charge in [-0.05, 0) is 49.3 Å². The molecular formula is C19H24N2O3. The van der Waals surface area contributed by atoms with Gasteiger partial charge in [0, 0.05) is 25.5 Å². The zero-order chi connectivity index (χ0) is 16.9. The normalized spacial score (nSPS) is 15.1. The first-order valence-corrected chi connectivity index (χ1v) is 8.48. The van der Waals surface area contributed by atoms with Crippen molar-refractivity contribution in [1.82, 2.24) is 10.5 Å². The van der Waals surface area contributed by atoms with E-state index in [1.54, 1.807) is 7.11 Å². The summed E-state index contributed by atoms with van der Waals surface area (Å²) in [5, 5.41) is 6.94. The number of rotatable bonds is 8. The smallest absolute Gasteiger partial charge is 0.220 e. The van der Waals surface area contributed by atoms with Crippen molar-refractivity contribution in [2.24, 2.45) is 5.92 Å². The van der Waals surface area contributed by atoms with Crippen LogP contribution < -0.4 is 10.1 Å². The van der Waals surface area contributed by atoms with Crippen LogP contribution in [0.1, 0.15) is 42.2 Å². The summed E-state index contributed by atoms with van der Waals surface area (Å²) in [6.45, 7) is 2.45. The van der Waals surface area contributed by atoms with E-state index in [2.05, 4.69) is 22.6 Å². The number of hydrogen-bond donors (Lipinski definition) is 1. The van der Waals surface area contributed by atoms with E-state index in [0.717, 1.165) is 17.2 Å². The maximum absolute atomic E-state index is 12.3. The summed E-state index contributed by atoms with van der Waals surface area (Å²) < 4.78 is 10.2. The highest BCUT2D eigenvalue weighted by Crippen LogP contribution is 2.44. The number of aryl methyl sites for hydroxylation is 1. The molecule has 1 amide bonds. The molecule has 1 aromatic heterocycles. The van der Waals surface area contributed by atoms with Gasteiger partial charge in [-0.2, -0.15) is 0 Å². The highest BCUT2D eigenvalue weighted by molar-refractivity contribution is 5.77. The van der Waals surface area contributed by atoms with Crippen LogP contribution in [0.15, 0.2) is 34.9 Å². The molecule has 1 aliphatic rings. The Hall–Kier alpha value is -2.30. The van der Waals surface area contributed by atoms with Gasteiger partial charge in [-0.15, -0.1) is 0 Å². The van der Waals surface area contributed by atoms with Crippen molar-refractivity contribution < 1.29 is 14.1 Å². The average molecular weight is 328 g/mol. The number of carbonyl (C=O) groups is 1. The summed E-state index contributed by atoms with van der Waals surface area (Å²) in [4.78, 5) is 12.3. The fraction of sp³-hybridized carbons (Fsp3) is 0.474. The number of amides is 1. The summed E-state index contributed by atoms with van der Waals surface area (Å²) >= 11 is 0. The number of carbonyl (C=O) groups excluding carboxylic acids is 1. The Bertz CT molecular complexity index is 674. The van der Waals surface area contributed by atoms with E-state index >= 15 is 0 Å². The molecule has 128 valence electrons. The quantitative estimate of drug-likeness (QED) is 0.808. The molecule has 0 saturated heterocycles. The summed E-state index contributed by atoms with van der Waals surface area (Å²) in [5.41, 5.74) is 2.10. The number of aromatic nitrogens is 1. The van der Waals surface area contributed by atoms with Gasteiger partial charge >= 0.3 is 0 Å². The number of methoxy groups -OCH3 is 1. The molecule has 0 bridgehead atoms. The lowest BCUT2D eigenvalue weighted by Gasteiger charge is -2.17. The van der Waals surface area contributed by atoms with Crippen molar-refractivity contribution in [3.63, 3.8) is 0 Å². The average Bonchev–Trinajstić information content (AvgIpc) is 3.35. The van der Waals surface area contributed by atoms with Crippen molar-refractivity contribution in [2.45, 2.75) is 38.5 Å². The molecule has 5 heteroatoms. The number of ether oxygens (including phenoxy) is 1. The Morgan fingerprint density at radius 3 is 2.71 bits per heavy atom. The van der Waals surface area contributed by atoms with Crippen LogP contribution >= 0.6 is 0 Å². The van der Waals surface area contributed by atoms with Crippen molar-refractivity contribution in [2.75, 3.05) is 13.7 Å². The van der Waals surface area contributed by atoms with Gasteiger partial charge in [0.15, 0.2) is 0 Å². The second-order valence-electron chi connectivity index (χ2n) is 6.45. The molecule has 1 atom stereocenters. The fourth-order valence-electron chi connectivity index (χ4n) is 3.04. The molecule has 0 aliphatic heterocycles. The van der Waals surface area contributed by atoms with E-state index in [-0.39, 0.29) is 5.91 Å². The molecule has 2 aromatic rings. The molecular weight excluding hydrogens is 304 g/mol. The Balaban J connectivity index is 1.52. The van der Waals surface area contributed by atoms with Gasteiger partial charge in [0.25, 0.3) is 0 Å². The molecule has 1 saturated carbocycles. The van der Waals surface area contributed by atoms with Crippen molar-refractivity contribution >= 4 is 5.91 Å². The van der Waals surface area contributed by atoms with Crippen molar-refractivity contribution in [3.8, 4) is 5.75 Å². The van der Waals surface area contributed by atoms with Gasteiger partial charge in [0.1, 0.15) is 11.5 Å². The first-order chi connectivity index (χ1) is 11.7. The van der Waals surface area contributed by atoms with Crippen LogP contribution in [0.5, 0.6) is 5.75 Å². The predicted octanol–water partition coefficient (Wildman–Crippen LogP) is 3.23. The minimum atomic E-state index is 0.0999. The summed E-state index contributed by atoms with van der Waals surface area (Å²) in [6, 6.07) is 9.99. The highest BCUT2D eigenvalue weighted by atomic mass is 16.5. The van der Waals surface area contributed by atoms with E-state index in [9.17, 15) is 4.79 Å². The van der Waals surface area contributed by atoms with Gasteiger partial charge in [0.2, 0.25) is 5.91 Å². The molecule has 0 spiro atoms. The summed E-state index contributed by atoms with van der Waals surface area (Å²) in [7, 11) is 1.66. The van der Waals surface area contributed by atoms with Gasteiger partial charge in [-0.25, -0.2) is 0 Å². The molecule has 5 nitrogen and oxygen atoms in total. The van der Waals surface area contributed by atoms with Crippen LogP contribution in [0.3, 0.4) is 0 Å². The van der Waals surface area contributed by atoms with Crippen LogP contribution in [-0.2, 0) is 11.2 Å². The lowest BCUT2D eigenvalue weighted by Crippen LogP contribution is -2.27. The zero-order valence-corrected chi connectivity index (χ0v) is 14.2. The second kappa shape index (κ2) is 7.51. The van der Waals surface area contributed by atoms with Crippen molar-refractivity contribution in [3.05, 3.63) is 47.3 Å². The third kappa shape index (κ3) is 4.37. The van der Waals surface area contributed by atoms with Gasteiger partial charge < -0.3 is 14.6 Å². The lowest BCUT2D eigenvalue weighted by atomic mass is 9.90. The van der Waals surface area contributed by atoms with Gasteiger partial charge in [-0.1, -0.05) is 17.3 Å². The molecule has 1 fully saturated rings. The molecule has 1 heterocycles. The predicted molar refractivity (Wildman–Crippen MR) is 91.0 cm³/mol. The summed E-state index contributed by atoms with van der Waals surface area (Å²) in [6.07, 6.45) is 3.65. The number of nitrogens with one attached hydrogen (secondary N) is 1. The third-order valence-electron chi connectivity index (χ3n) is 4.52. The first-order valence-electron chi connectivity index (χ1n) is 8.48. The fourth-order valence-corrected chi connectivity index (χ4v) is 3.04. The Morgan fingerprint density at radius 2 is 2.12 bits per heavy atom. The van der Waals surface area contributed by atoms with Crippen LogP contribution in [0.4, 0.5) is 0 Å². The maximum atomic E-state index is 12.3. The van der Waals surface area contributed by atoms with Crippen LogP contribution in [0, 0.1) is 12.8 Å². The van der Waals surface area contributed by atoms with E-state index in [1.807, 2.05) is 25.1 Å². The van der Waals surface area contributed by atoms with E-state index in [1.165, 1.54) is 18.4 Å².